The topological polar surface area (TPSA) is 41.9 Å². The number of rotatable bonds is 4. The number of ether oxygens (including phenoxy) is 2. The van der Waals surface area contributed by atoms with Crippen molar-refractivity contribution in [2.75, 3.05) is 32.9 Å². The highest BCUT2D eigenvalue weighted by Gasteiger charge is 2.37. The molecule has 0 amide bonds. The predicted molar refractivity (Wildman–Crippen MR) is 76.8 cm³/mol. The molecule has 0 aromatic heterocycles. The third kappa shape index (κ3) is 3.56. The van der Waals surface area contributed by atoms with E-state index >= 15 is 0 Å². The van der Waals surface area contributed by atoms with E-state index in [0.717, 1.165) is 31.5 Å². The van der Waals surface area contributed by atoms with Crippen LogP contribution in [0.2, 0.25) is 0 Å². The number of β-amino-alcohol motifs (C(OH)–C–C–N with tert-alkyl or cyclic N) is 1. The molecular formula is C16H21F2NO3. The standard InChI is InChI=1S/C16H21F2NO3/c17-14-5-4-13(8-15(14)18)22-11-16(20)9-19(6-7-21-10-16)12-2-1-3-12/h4-5,8,12,20H,1-3,6-7,9-11H2. The van der Waals surface area contributed by atoms with Crippen molar-refractivity contribution in [2.45, 2.75) is 30.9 Å². The number of aliphatic hydroxyl groups is 1. The molecule has 1 unspecified atom stereocenters. The second-order valence-electron chi connectivity index (χ2n) is 6.20. The Hall–Kier alpha value is -1.24. The van der Waals surface area contributed by atoms with Crippen LogP contribution in [0.25, 0.3) is 0 Å². The minimum absolute atomic E-state index is 0.0126. The molecule has 1 saturated carbocycles. The molecule has 1 atom stereocenters. The van der Waals surface area contributed by atoms with Crippen molar-refractivity contribution < 1.29 is 23.4 Å². The lowest BCUT2D eigenvalue weighted by molar-refractivity contribution is -0.0698. The van der Waals surface area contributed by atoms with Crippen molar-refractivity contribution in [3.05, 3.63) is 29.8 Å². The zero-order valence-electron chi connectivity index (χ0n) is 12.4. The Morgan fingerprint density at radius 2 is 2.14 bits per heavy atom. The summed E-state index contributed by atoms with van der Waals surface area (Å²) in [5, 5.41) is 10.7. The van der Waals surface area contributed by atoms with Crippen LogP contribution in [0.1, 0.15) is 19.3 Å². The van der Waals surface area contributed by atoms with Crippen LogP contribution in [-0.4, -0.2) is 54.6 Å². The maximum atomic E-state index is 13.2. The van der Waals surface area contributed by atoms with E-state index in [1.165, 1.54) is 12.5 Å². The van der Waals surface area contributed by atoms with Crippen molar-refractivity contribution in [1.29, 1.82) is 0 Å². The van der Waals surface area contributed by atoms with Crippen LogP contribution in [0, 0.1) is 11.6 Å². The molecule has 6 heteroatoms. The largest absolute Gasteiger partial charge is 0.490 e. The number of halogens is 2. The van der Waals surface area contributed by atoms with Gasteiger partial charge in [0, 0.05) is 25.2 Å². The zero-order chi connectivity index (χ0) is 15.6. The molecule has 2 aliphatic rings. The first kappa shape index (κ1) is 15.6. The second-order valence-corrected chi connectivity index (χ2v) is 6.20. The fraction of sp³-hybridized carbons (Fsp3) is 0.625. The highest BCUT2D eigenvalue weighted by Crippen LogP contribution is 2.27. The summed E-state index contributed by atoms with van der Waals surface area (Å²) in [5.74, 6) is -1.68. The average molecular weight is 313 g/mol. The number of hydrogen-bond acceptors (Lipinski definition) is 4. The molecule has 0 bridgehead atoms. The monoisotopic (exact) mass is 313 g/mol. The van der Waals surface area contributed by atoms with Crippen molar-refractivity contribution in [2.24, 2.45) is 0 Å². The second kappa shape index (κ2) is 6.48. The van der Waals surface area contributed by atoms with E-state index in [-0.39, 0.29) is 19.0 Å². The summed E-state index contributed by atoms with van der Waals surface area (Å²) in [7, 11) is 0. The molecule has 0 radical (unpaired) electrons. The fourth-order valence-electron chi connectivity index (χ4n) is 2.88. The Morgan fingerprint density at radius 1 is 1.32 bits per heavy atom. The van der Waals surface area contributed by atoms with E-state index in [9.17, 15) is 13.9 Å². The van der Waals surface area contributed by atoms with Crippen LogP contribution in [0.3, 0.4) is 0 Å². The van der Waals surface area contributed by atoms with Gasteiger partial charge < -0.3 is 14.6 Å². The van der Waals surface area contributed by atoms with Crippen LogP contribution in [-0.2, 0) is 4.74 Å². The molecule has 4 nitrogen and oxygen atoms in total. The minimum Gasteiger partial charge on any atom is -0.490 e. The van der Waals surface area contributed by atoms with Gasteiger partial charge in [-0.05, 0) is 25.0 Å². The van der Waals surface area contributed by atoms with Gasteiger partial charge in [-0.2, -0.15) is 0 Å². The van der Waals surface area contributed by atoms with Gasteiger partial charge in [-0.25, -0.2) is 8.78 Å². The van der Waals surface area contributed by atoms with Gasteiger partial charge in [-0.15, -0.1) is 0 Å². The Bertz CT molecular complexity index is 524. The van der Waals surface area contributed by atoms with E-state index < -0.39 is 17.2 Å². The van der Waals surface area contributed by atoms with Gasteiger partial charge in [-0.3, -0.25) is 4.90 Å². The number of hydrogen-bond donors (Lipinski definition) is 1. The molecule has 1 aromatic carbocycles. The Balaban J connectivity index is 1.62. The molecular weight excluding hydrogens is 292 g/mol. The molecule has 0 spiro atoms. The molecule has 1 saturated heterocycles. The lowest BCUT2D eigenvalue weighted by Gasteiger charge is -2.39. The Morgan fingerprint density at radius 3 is 2.82 bits per heavy atom. The highest BCUT2D eigenvalue weighted by molar-refractivity contribution is 5.23. The predicted octanol–water partition coefficient (Wildman–Crippen LogP) is 1.96. The van der Waals surface area contributed by atoms with E-state index in [1.54, 1.807) is 0 Å². The Labute approximate surface area is 128 Å². The third-order valence-corrected chi connectivity index (χ3v) is 4.38. The molecule has 3 rings (SSSR count). The molecule has 22 heavy (non-hydrogen) atoms. The summed E-state index contributed by atoms with van der Waals surface area (Å²) in [6, 6.07) is 3.86. The first-order valence-electron chi connectivity index (χ1n) is 7.68. The smallest absolute Gasteiger partial charge is 0.162 e. The number of nitrogens with zero attached hydrogens (tertiary/aromatic N) is 1. The lowest BCUT2D eigenvalue weighted by atomic mass is 9.90. The normalized spacial score (nSPS) is 27.2. The molecule has 1 aliphatic heterocycles. The van der Waals surface area contributed by atoms with Gasteiger partial charge in [-0.1, -0.05) is 6.42 Å². The number of benzene rings is 1. The summed E-state index contributed by atoms with van der Waals surface area (Å²) < 4.78 is 37.0. The van der Waals surface area contributed by atoms with E-state index in [2.05, 4.69) is 4.90 Å². The van der Waals surface area contributed by atoms with Crippen LogP contribution in [0.5, 0.6) is 5.75 Å². The van der Waals surface area contributed by atoms with Crippen LogP contribution < -0.4 is 4.74 Å². The van der Waals surface area contributed by atoms with Gasteiger partial charge in [0.2, 0.25) is 0 Å². The minimum atomic E-state index is -1.14. The summed E-state index contributed by atoms with van der Waals surface area (Å²) in [6.45, 7) is 2.03. The van der Waals surface area contributed by atoms with Gasteiger partial charge in [0.15, 0.2) is 11.6 Å². The molecule has 1 N–H and O–H groups in total. The van der Waals surface area contributed by atoms with Crippen molar-refractivity contribution in [3.8, 4) is 5.75 Å². The Kier molecular flexibility index (Phi) is 4.61. The zero-order valence-corrected chi connectivity index (χ0v) is 12.4. The van der Waals surface area contributed by atoms with Gasteiger partial charge in [0.05, 0.1) is 13.2 Å². The van der Waals surface area contributed by atoms with Crippen LogP contribution in [0.4, 0.5) is 8.78 Å². The van der Waals surface area contributed by atoms with E-state index in [1.807, 2.05) is 0 Å². The van der Waals surface area contributed by atoms with Crippen LogP contribution >= 0.6 is 0 Å². The highest BCUT2D eigenvalue weighted by atomic mass is 19.2. The maximum Gasteiger partial charge on any atom is 0.162 e. The molecule has 1 aliphatic carbocycles. The summed E-state index contributed by atoms with van der Waals surface area (Å²) >= 11 is 0. The first-order valence-corrected chi connectivity index (χ1v) is 7.68. The lowest BCUT2D eigenvalue weighted by Crippen LogP contribution is -2.52. The van der Waals surface area contributed by atoms with Crippen molar-refractivity contribution in [3.63, 3.8) is 0 Å². The van der Waals surface area contributed by atoms with Crippen molar-refractivity contribution in [1.82, 2.24) is 4.90 Å². The molecule has 1 heterocycles. The van der Waals surface area contributed by atoms with Crippen molar-refractivity contribution >= 4 is 0 Å². The van der Waals surface area contributed by atoms with Gasteiger partial charge in [0.1, 0.15) is 18.0 Å². The summed E-state index contributed by atoms with van der Waals surface area (Å²) in [5.41, 5.74) is -1.14. The average Bonchev–Trinajstić information content (AvgIpc) is 2.61. The van der Waals surface area contributed by atoms with Gasteiger partial charge in [0.25, 0.3) is 0 Å². The van der Waals surface area contributed by atoms with Gasteiger partial charge >= 0.3 is 0 Å². The summed E-state index contributed by atoms with van der Waals surface area (Å²) in [4.78, 5) is 2.24. The molecule has 2 fully saturated rings. The maximum absolute atomic E-state index is 13.2. The van der Waals surface area contributed by atoms with E-state index in [0.29, 0.717) is 19.2 Å². The molecule has 122 valence electrons. The molecule has 1 aromatic rings. The van der Waals surface area contributed by atoms with E-state index in [4.69, 9.17) is 9.47 Å². The fourth-order valence-corrected chi connectivity index (χ4v) is 2.88. The van der Waals surface area contributed by atoms with Crippen LogP contribution in [0.15, 0.2) is 18.2 Å². The third-order valence-electron chi connectivity index (χ3n) is 4.38. The summed E-state index contributed by atoms with van der Waals surface area (Å²) in [6.07, 6.45) is 3.53. The quantitative estimate of drug-likeness (QED) is 0.923. The first-order chi connectivity index (χ1) is 10.6. The SMILES string of the molecule is OC1(COc2ccc(F)c(F)c2)COCCN(C2CCC2)C1.